The van der Waals surface area contributed by atoms with Crippen LogP contribution in [0.5, 0.6) is 0 Å². The minimum absolute atomic E-state index is 0.109. The fourth-order valence-electron chi connectivity index (χ4n) is 0.844. The number of amides is 1. The van der Waals surface area contributed by atoms with Crippen molar-refractivity contribution in [2.45, 2.75) is 33.7 Å². The number of carbonyl (C=O) groups excluding carboxylic acids is 1. The third-order valence-electron chi connectivity index (χ3n) is 2.22. The zero-order valence-corrected chi connectivity index (χ0v) is 9.70. The summed E-state index contributed by atoms with van der Waals surface area (Å²) in [6.45, 7) is 7.22. The maximum Gasteiger partial charge on any atom is 0.308 e. The molecule has 2 atom stereocenters. The molecular weight excluding hydrogens is 196 g/mol. The quantitative estimate of drug-likeness (QED) is 0.625. The first-order valence-electron chi connectivity index (χ1n) is 4.92. The van der Waals surface area contributed by atoms with Crippen LogP contribution in [0.4, 0.5) is 0 Å². The lowest BCUT2D eigenvalue weighted by atomic mass is 9.87. The molecule has 0 saturated carbocycles. The molecule has 0 bridgehead atoms. The van der Waals surface area contributed by atoms with Crippen LogP contribution < -0.4 is 11.1 Å². The van der Waals surface area contributed by atoms with Gasteiger partial charge in [-0.2, -0.15) is 0 Å². The van der Waals surface area contributed by atoms with Crippen LogP contribution in [0.1, 0.15) is 27.7 Å². The number of hydrogen-bond donors (Lipinski definition) is 3. The first-order valence-corrected chi connectivity index (χ1v) is 4.92. The van der Waals surface area contributed by atoms with Gasteiger partial charge in [-0.3, -0.25) is 9.59 Å². The number of hydrogen-bond acceptors (Lipinski definition) is 3. The lowest BCUT2D eigenvalue weighted by Gasteiger charge is -2.26. The second-order valence-electron chi connectivity index (χ2n) is 4.83. The highest BCUT2D eigenvalue weighted by Crippen LogP contribution is 2.17. The van der Waals surface area contributed by atoms with Crippen molar-refractivity contribution < 1.29 is 14.7 Å². The van der Waals surface area contributed by atoms with E-state index < -0.39 is 17.9 Å². The van der Waals surface area contributed by atoms with Crippen molar-refractivity contribution in [2.75, 3.05) is 6.54 Å². The third kappa shape index (κ3) is 4.78. The van der Waals surface area contributed by atoms with Crippen molar-refractivity contribution in [3.8, 4) is 0 Å². The van der Waals surface area contributed by atoms with E-state index >= 15 is 0 Å². The fraction of sp³-hybridized carbons (Fsp3) is 0.800. The van der Waals surface area contributed by atoms with Crippen LogP contribution in [0, 0.1) is 11.3 Å². The highest BCUT2D eigenvalue weighted by atomic mass is 16.4. The Morgan fingerprint density at radius 3 is 2.20 bits per heavy atom. The molecule has 0 aromatic carbocycles. The van der Waals surface area contributed by atoms with Gasteiger partial charge in [0.1, 0.15) is 0 Å². The minimum atomic E-state index is -0.931. The van der Waals surface area contributed by atoms with E-state index in [-0.39, 0.29) is 17.9 Å². The van der Waals surface area contributed by atoms with Crippen molar-refractivity contribution in [3.63, 3.8) is 0 Å². The zero-order valence-electron chi connectivity index (χ0n) is 9.70. The first kappa shape index (κ1) is 13.9. The topological polar surface area (TPSA) is 92.4 Å². The molecule has 0 radical (unpaired) electrons. The van der Waals surface area contributed by atoms with E-state index in [4.69, 9.17) is 10.8 Å². The van der Waals surface area contributed by atoms with Gasteiger partial charge in [0.25, 0.3) is 0 Å². The van der Waals surface area contributed by atoms with E-state index in [0.717, 1.165) is 0 Å². The van der Waals surface area contributed by atoms with Crippen LogP contribution in [-0.4, -0.2) is 29.6 Å². The summed E-state index contributed by atoms with van der Waals surface area (Å²) >= 11 is 0. The van der Waals surface area contributed by atoms with Crippen molar-refractivity contribution in [2.24, 2.45) is 17.1 Å². The van der Waals surface area contributed by atoms with Gasteiger partial charge in [0.05, 0.1) is 12.0 Å². The largest absolute Gasteiger partial charge is 0.481 e. The maximum atomic E-state index is 11.5. The van der Waals surface area contributed by atoms with Crippen molar-refractivity contribution in [3.05, 3.63) is 0 Å². The van der Waals surface area contributed by atoms with Gasteiger partial charge in [-0.05, 0) is 5.41 Å². The van der Waals surface area contributed by atoms with Crippen LogP contribution in [0.15, 0.2) is 0 Å². The highest BCUT2D eigenvalue weighted by molar-refractivity contribution is 5.82. The predicted molar refractivity (Wildman–Crippen MR) is 57.2 cm³/mol. The van der Waals surface area contributed by atoms with Gasteiger partial charge in [0, 0.05) is 6.54 Å². The SMILES string of the molecule is CC(CNC(=O)C(N)C(C)(C)C)C(=O)O. The molecule has 0 saturated heterocycles. The second-order valence-corrected chi connectivity index (χ2v) is 4.83. The Kier molecular flexibility index (Phi) is 4.74. The maximum absolute atomic E-state index is 11.5. The average molecular weight is 216 g/mol. The molecule has 0 aliphatic heterocycles. The average Bonchev–Trinajstić information content (AvgIpc) is 2.10. The van der Waals surface area contributed by atoms with Crippen molar-refractivity contribution in [1.82, 2.24) is 5.32 Å². The van der Waals surface area contributed by atoms with Gasteiger partial charge in [0.2, 0.25) is 5.91 Å². The third-order valence-corrected chi connectivity index (χ3v) is 2.22. The van der Waals surface area contributed by atoms with Crippen LogP contribution in [0.25, 0.3) is 0 Å². The number of carboxylic acid groups (broad SMARTS) is 1. The number of aliphatic carboxylic acids is 1. The van der Waals surface area contributed by atoms with Crippen LogP contribution in [-0.2, 0) is 9.59 Å². The van der Waals surface area contributed by atoms with Crippen LogP contribution in [0.2, 0.25) is 0 Å². The molecule has 0 aromatic rings. The molecule has 0 fully saturated rings. The molecule has 15 heavy (non-hydrogen) atoms. The normalized spacial score (nSPS) is 15.5. The second kappa shape index (κ2) is 5.11. The zero-order chi connectivity index (χ0) is 12.2. The monoisotopic (exact) mass is 216 g/mol. The number of nitrogens with two attached hydrogens (primary N) is 1. The number of nitrogens with one attached hydrogen (secondary N) is 1. The fourth-order valence-corrected chi connectivity index (χ4v) is 0.844. The van der Waals surface area contributed by atoms with Crippen LogP contribution >= 0.6 is 0 Å². The Morgan fingerprint density at radius 1 is 1.40 bits per heavy atom. The van der Waals surface area contributed by atoms with E-state index in [1.165, 1.54) is 6.92 Å². The Balaban J connectivity index is 4.11. The lowest BCUT2D eigenvalue weighted by Crippen LogP contribution is -2.49. The van der Waals surface area contributed by atoms with Gasteiger partial charge >= 0.3 is 5.97 Å². The summed E-state index contributed by atoms with van der Waals surface area (Å²) in [5, 5.41) is 11.1. The first-order chi connectivity index (χ1) is 6.66. The molecule has 4 N–H and O–H groups in total. The van der Waals surface area contributed by atoms with Gasteiger partial charge in [-0.1, -0.05) is 27.7 Å². The minimum Gasteiger partial charge on any atom is -0.481 e. The Bertz CT molecular complexity index is 246. The van der Waals surface area contributed by atoms with Gasteiger partial charge in [-0.25, -0.2) is 0 Å². The molecule has 0 rings (SSSR count). The summed E-state index contributed by atoms with van der Waals surface area (Å²) in [6.07, 6.45) is 0. The van der Waals surface area contributed by atoms with E-state index in [2.05, 4.69) is 5.32 Å². The van der Waals surface area contributed by atoms with Crippen LogP contribution in [0.3, 0.4) is 0 Å². The Hall–Kier alpha value is -1.10. The van der Waals surface area contributed by atoms with Gasteiger partial charge in [0.15, 0.2) is 0 Å². The molecule has 88 valence electrons. The summed E-state index contributed by atoms with van der Waals surface area (Å²) < 4.78 is 0. The molecule has 5 nitrogen and oxygen atoms in total. The lowest BCUT2D eigenvalue weighted by molar-refractivity contribution is -0.141. The standard InChI is InChI=1S/C10H20N2O3/c1-6(9(14)15)5-12-8(13)7(11)10(2,3)4/h6-7H,5,11H2,1-4H3,(H,12,13)(H,14,15). The molecule has 1 amide bonds. The predicted octanol–water partition coefficient (Wildman–Crippen LogP) is 0.197. The summed E-state index contributed by atoms with van der Waals surface area (Å²) in [5.41, 5.74) is 5.37. The van der Waals surface area contributed by atoms with E-state index in [1.807, 2.05) is 20.8 Å². The van der Waals surface area contributed by atoms with Crippen molar-refractivity contribution >= 4 is 11.9 Å². The number of carbonyl (C=O) groups is 2. The number of carboxylic acids is 1. The van der Waals surface area contributed by atoms with E-state index in [1.54, 1.807) is 0 Å². The molecule has 2 unspecified atom stereocenters. The van der Waals surface area contributed by atoms with E-state index in [9.17, 15) is 9.59 Å². The molecular formula is C10H20N2O3. The molecule has 5 heteroatoms. The van der Waals surface area contributed by atoms with Gasteiger partial charge in [-0.15, -0.1) is 0 Å². The molecule has 0 spiro atoms. The molecule has 0 aliphatic carbocycles. The smallest absolute Gasteiger partial charge is 0.308 e. The van der Waals surface area contributed by atoms with Gasteiger partial charge < -0.3 is 16.2 Å². The van der Waals surface area contributed by atoms with Crippen molar-refractivity contribution in [1.29, 1.82) is 0 Å². The Morgan fingerprint density at radius 2 is 1.87 bits per heavy atom. The highest BCUT2D eigenvalue weighted by Gasteiger charge is 2.27. The summed E-state index contributed by atoms with van der Waals surface area (Å²) in [7, 11) is 0. The molecule has 0 aromatic heterocycles. The van der Waals surface area contributed by atoms with E-state index in [0.29, 0.717) is 0 Å². The summed E-state index contributed by atoms with van der Waals surface area (Å²) in [5.74, 6) is -1.84. The summed E-state index contributed by atoms with van der Waals surface area (Å²) in [4.78, 5) is 22.0. The number of rotatable bonds is 4. The Labute approximate surface area is 90.0 Å². The molecule has 0 heterocycles. The summed E-state index contributed by atoms with van der Waals surface area (Å²) in [6, 6.07) is -0.626. The molecule has 0 aliphatic rings.